The van der Waals surface area contributed by atoms with Gasteiger partial charge >= 0.3 is 0 Å². The predicted octanol–water partition coefficient (Wildman–Crippen LogP) is 4.02. The van der Waals surface area contributed by atoms with E-state index in [2.05, 4.69) is 6.92 Å². The number of carbonyl (C=O) groups is 1. The van der Waals surface area contributed by atoms with E-state index in [1.165, 1.54) is 12.8 Å². The maximum Gasteiger partial charge on any atom is 0.258 e. The minimum absolute atomic E-state index is 0. The van der Waals surface area contributed by atoms with Crippen LogP contribution >= 0.6 is 12.4 Å². The zero-order valence-electron chi connectivity index (χ0n) is 14.6. The third-order valence-corrected chi connectivity index (χ3v) is 4.72. The van der Waals surface area contributed by atoms with E-state index < -0.39 is 0 Å². The molecule has 25 heavy (non-hydrogen) atoms. The fourth-order valence-electron chi connectivity index (χ4n) is 2.99. The van der Waals surface area contributed by atoms with Crippen molar-refractivity contribution in [2.24, 2.45) is 11.7 Å². The summed E-state index contributed by atoms with van der Waals surface area (Å²) in [5.41, 5.74) is 8.26. The highest BCUT2D eigenvalue weighted by Crippen LogP contribution is 2.37. The normalized spacial score (nSPS) is 14.4. The number of rotatable bonds is 6. The van der Waals surface area contributed by atoms with E-state index in [9.17, 15) is 4.79 Å². The summed E-state index contributed by atoms with van der Waals surface area (Å²) in [5, 5.41) is 0. The summed E-state index contributed by atoms with van der Waals surface area (Å²) in [6.07, 6.45) is 2.38. The number of nitrogens with zero attached hydrogens (tertiary/aromatic N) is 1. The average Bonchev–Trinajstić information content (AvgIpc) is 3.47. The fourth-order valence-corrected chi connectivity index (χ4v) is 2.99. The number of nitrogens with two attached hydrogens (primary N) is 1. The van der Waals surface area contributed by atoms with Crippen LogP contribution in [0.15, 0.2) is 48.5 Å². The molecule has 2 aromatic carbocycles. The molecule has 0 saturated heterocycles. The monoisotopic (exact) mass is 360 g/mol. The summed E-state index contributed by atoms with van der Waals surface area (Å²) in [6, 6.07) is 15.4. The van der Waals surface area contributed by atoms with Crippen LogP contribution in [0.5, 0.6) is 5.75 Å². The number of anilines is 1. The Balaban J connectivity index is 0.00000225. The lowest BCUT2D eigenvalue weighted by Crippen LogP contribution is -2.40. The Hall–Kier alpha value is -2.04. The van der Waals surface area contributed by atoms with Gasteiger partial charge in [-0.3, -0.25) is 4.79 Å². The SMILES string of the molecule is COc1ccc(N(C(=O)c2ccc(CN)cc2)C(C)C2CC2)cc1.Cl. The highest BCUT2D eigenvalue weighted by atomic mass is 35.5. The maximum absolute atomic E-state index is 13.1. The highest BCUT2D eigenvalue weighted by Gasteiger charge is 2.35. The Bertz CT molecular complexity index is 697. The maximum atomic E-state index is 13.1. The molecule has 0 aromatic heterocycles. The van der Waals surface area contributed by atoms with Crippen molar-refractivity contribution < 1.29 is 9.53 Å². The standard InChI is InChI=1S/C20H24N2O2.ClH/c1-14(16-7-8-16)22(18-9-11-19(24-2)12-10-18)20(23)17-5-3-15(13-21)4-6-17;/h3-6,9-12,14,16H,7-8,13,21H2,1-2H3;1H. The molecular weight excluding hydrogens is 336 g/mol. The Morgan fingerprint density at radius 2 is 1.76 bits per heavy atom. The molecule has 5 heteroatoms. The lowest BCUT2D eigenvalue weighted by molar-refractivity contribution is 0.0975. The molecule has 0 radical (unpaired) electrons. The second-order valence-electron chi connectivity index (χ2n) is 6.35. The Morgan fingerprint density at radius 3 is 2.24 bits per heavy atom. The van der Waals surface area contributed by atoms with Crippen molar-refractivity contribution in [2.75, 3.05) is 12.0 Å². The van der Waals surface area contributed by atoms with Crippen LogP contribution in [0, 0.1) is 5.92 Å². The first-order valence-electron chi connectivity index (χ1n) is 8.40. The van der Waals surface area contributed by atoms with Crippen molar-refractivity contribution in [1.82, 2.24) is 0 Å². The van der Waals surface area contributed by atoms with Crippen LogP contribution in [0.25, 0.3) is 0 Å². The quantitative estimate of drug-likeness (QED) is 0.846. The van der Waals surface area contributed by atoms with Gasteiger partial charge < -0.3 is 15.4 Å². The number of carbonyl (C=O) groups excluding carboxylic acids is 1. The van der Waals surface area contributed by atoms with Crippen molar-refractivity contribution in [2.45, 2.75) is 32.4 Å². The number of amides is 1. The molecule has 1 atom stereocenters. The molecule has 0 heterocycles. The predicted molar refractivity (Wildman–Crippen MR) is 104 cm³/mol. The minimum Gasteiger partial charge on any atom is -0.497 e. The fraction of sp³-hybridized carbons (Fsp3) is 0.350. The van der Waals surface area contributed by atoms with Gasteiger partial charge in [-0.05, 0) is 67.6 Å². The lowest BCUT2D eigenvalue weighted by atomic mass is 10.1. The van der Waals surface area contributed by atoms with Crippen molar-refractivity contribution in [1.29, 1.82) is 0 Å². The van der Waals surface area contributed by atoms with Crippen LogP contribution in [0.2, 0.25) is 0 Å². The van der Waals surface area contributed by atoms with E-state index in [1.54, 1.807) is 7.11 Å². The summed E-state index contributed by atoms with van der Waals surface area (Å²) in [6.45, 7) is 2.61. The molecule has 1 amide bonds. The molecule has 1 saturated carbocycles. The molecule has 0 bridgehead atoms. The van der Waals surface area contributed by atoms with Crippen LogP contribution in [0.4, 0.5) is 5.69 Å². The van der Waals surface area contributed by atoms with E-state index >= 15 is 0 Å². The molecule has 0 spiro atoms. The van der Waals surface area contributed by atoms with Gasteiger partial charge in [0.25, 0.3) is 5.91 Å². The first kappa shape index (κ1) is 19.3. The van der Waals surface area contributed by atoms with Gasteiger partial charge in [-0.15, -0.1) is 12.4 Å². The zero-order valence-corrected chi connectivity index (χ0v) is 15.5. The van der Waals surface area contributed by atoms with Gasteiger partial charge in [-0.1, -0.05) is 12.1 Å². The number of hydrogen-bond acceptors (Lipinski definition) is 3. The largest absolute Gasteiger partial charge is 0.497 e. The van der Waals surface area contributed by atoms with Crippen molar-refractivity contribution >= 4 is 24.0 Å². The number of hydrogen-bond donors (Lipinski definition) is 1. The lowest BCUT2D eigenvalue weighted by Gasteiger charge is -2.30. The number of methoxy groups -OCH3 is 1. The molecule has 0 aliphatic heterocycles. The minimum atomic E-state index is 0. The molecule has 3 rings (SSSR count). The summed E-state index contributed by atoms with van der Waals surface area (Å²) in [5.74, 6) is 1.40. The van der Waals surface area contributed by atoms with E-state index in [0.29, 0.717) is 18.0 Å². The summed E-state index contributed by atoms with van der Waals surface area (Å²) in [4.78, 5) is 15.0. The van der Waals surface area contributed by atoms with E-state index in [0.717, 1.165) is 17.0 Å². The molecule has 1 aliphatic carbocycles. The molecule has 4 nitrogen and oxygen atoms in total. The molecular formula is C20H25ClN2O2. The number of ether oxygens (including phenoxy) is 1. The highest BCUT2D eigenvalue weighted by molar-refractivity contribution is 6.06. The molecule has 1 fully saturated rings. The van der Waals surface area contributed by atoms with Crippen molar-refractivity contribution in [3.63, 3.8) is 0 Å². The Labute approximate surface area is 155 Å². The number of halogens is 1. The van der Waals surface area contributed by atoms with Gasteiger partial charge in [0.05, 0.1) is 7.11 Å². The van der Waals surface area contributed by atoms with Gasteiger partial charge in [0, 0.05) is 23.8 Å². The molecule has 1 unspecified atom stereocenters. The second-order valence-corrected chi connectivity index (χ2v) is 6.35. The van der Waals surface area contributed by atoms with Gasteiger partial charge in [-0.2, -0.15) is 0 Å². The topological polar surface area (TPSA) is 55.6 Å². The van der Waals surface area contributed by atoms with E-state index in [4.69, 9.17) is 10.5 Å². The first-order chi connectivity index (χ1) is 11.6. The average molecular weight is 361 g/mol. The Kier molecular flexibility index (Phi) is 6.45. The van der Waals surface area contributed by atoms with Crippen molar-refractivity contribution in [3.05, 3.63) is 59.7 Å². The van der Waals surface area contributed by atoms with Crippen LogP contribution in [0.3, 0.4) is 0 Å². The van der Waals surface area contributed by atoms with E-state index in [-0.39, 0.29) is 24.4 Å². The molecule has 2 aromatic rings. The van der Waals surface area contributed by atoms with Gasteiger partial charge in [0.15, 0.2) is 0 Å². The second kappa shape index (κ2) is 8.37. The Morgan fingerprint density at radius 1 is 1.16 bits per heavy atom. The van der Waals surface area contributed by atoms with Crippen LogP contribution < -0.4 is 15.4 Å². The van der Waals surface area contributed by atoms with Gasteiger partial charge in [0.2, 0.25) is 0 Å². The zero-order chi connectivity index (χ0) is 17.1. The smallest absolute Gasteiger partial charge is 0.258 e. The summed E-state index contributed by atoms with van der Waals surface area (Å²) >= 11 is 0. The van der Waals surface area contributed by atoms with Gasteiger partial charge in [0.1, 0.15) is 5.75 Å². The van der Waals surface area contributed by atoms with Crippen molar-refractivity contribution in [3.8, 4) is 5.75 Å². The molecule has 1 aliphatic rings. The number of benzene rings is 2. The molecule has 2 N–H and O–H groups in total. The molecule has 134 valence electrons. The summed E-state index contributed by atoms with van der Waals surface area (Å²) in [7, 11) is 1.64. The first-order valence-corrected chi connectivity index (χ1v) is 8.40. The van der Waals surface area contributed by atoms with Crippen LogP contribution in [0.1, 0.15) is 35.7 Å². The third-order valence-electron chi connectivity index (χ3n) is 4.72. The van der Waals surface area contributed by atoms with Crippen LogP contribution in [-0.4, -0.2) is 19.1 Å². The summed E-state index contributed by atoms with van der Waals surface area (Å²) < 4.78 is 5.22. The van der Waals surface area contributed by atoms with E-state index in [1.807, 2.05) is 53.4 Å². The van der Waals surface area contributed by atoms with Gasteiger partial charge in [-0.25, -0.2) is 0 Å². The third kappa shape index (κ3) is 4.33. The van der Waals surface area contributed by atoms with Crippen LogP contribution in [-0.2, 0) is 6.54 Å².